The highest BCUT2D eigenvalue weighted by Gasteiger charge is 2.28. The van der Waals surface area contributed by atoms with Crippen LogP contribution in [0.5, 0.6) is 0 Å². The number of methoxy groups -OCH3 is 1. The molecule has 0 radical (unpaired) electrons. The van der Waals surface area contributed by atoms with Crippen LogP contribution in [-0.2, 0) is 13.6 Å². The fourth-order valence-electron chi connectivity index (χ4n) is 1.56. The number of esters is 1. The van der Waals surface area contributed by atoms with E-state index in [4.69, 9.17) is 4.12 Å². The van der Waals surface area contributed by atoms with E-state index in [2.05, 4.69) is 37.5 Å². The Morgan fingerprint density at radius 2 is 1.60 bits per heavy atom. The Kier molecular flexibility index (Phi) is 4.96. The number of hydrogen-bond donors (Lipinski definition) is 0. The van der Waals surface area contributed by atoms with E-state index >= 15 is 0 Å². The molecule has 15 heavy (non-hydrogen) atoms. The summed E-state index contributed by atoms with van der Waals surface area (Å²) in [6.45, 7) is 12.4. The van der Waals surface area contributed by atoms with Gasteiger partial charge in [0.1, 0.15) is 0 Å². The molecule has 0 saturated heterocycles. The maximum Gasteiger partial charge on any atom is 0.332 e. The molecule has 0 spiro atoms. The van der Waals surface area contributed by atoms with E-state index in [1.165, 1.54) is 7.11 Å². The molecule has 0 aliphatic rings. The molecule has 0 bridgehead atoms. The van der Waals surface area contributed by atoms with Crippen LogP contribution in [-0.4, -0.2) is 29.7 Å². The van der Waals surface area contributed by atoms with Crippen LogP contribution in [0.1, 0.15) is 6.92 Å². The maximum atomic E-state index is 11.2. The van der Waals surface area contributed by atoms with Crippen molar-refractivity contribution in [2.45, 2.75) is 39.7 Å². The molecular weight excluding hydrogens is 224 g/mol. The quantitative estimate of drug-likeness (QED) is 0.435. The van der Waals surface area contributed by atoms with Gasteiger partial charge in [-0.3, -0.25) is 0 Å². The van der Waals surface area contributed by atoms with Crippen LogP contribution in [0, 0.1) is 0 Å². The van der Waals surface area contributed by atoms with E-state index < -0.39 is 16.6 Å². The number of hydrogen-bond acceptors (Lipinski definition) is 3. The average molecular weight is 246 g/mol. The van der Waals surface area contributed by atoms with Crippen molar-refractivity contribution in [3.8, 4) is 0 Å². The monoisotopic (exact) mass is 246 g/mol. The summed E-state index contributed by atoms with van der Waals surface area (Å²) >= 11 is 0. The molecule has 0 heterocycles. The van der Waals surface area contributed by atoms with Gasteiger partial charge in [-0.1, -0.05) is 5.70 Å². The fraction of sp³-hybridized carbons (Fsp3) is 0.700. The van der Waals surface area contributed by atoms with Gasteiger partial charge in [-0.15, -0.1) is 0 Å². The Balaban J connectivity index is 4.69. The summed E-state index contributed by atoms with van der Waals surface area (Å²) < 4.78 is 10.7. The lowest BCUT2D eigenvalue weighted by atomic mass is 10.4. The van der Waals surface area contributed by atoms with Crippen molar-refractivity contribution in [3.63, 3.8) is 0 Å². The zero-order valence-corrected chi connectivity index (χ0v) is 12.8. The predicted octanol–water partition coefficient (Wildman–Crippen LogP) is 2.70. The number of carbonyl (C=O) groups excluding carboxylic acids is 1. The molecule has 0 aliphatic carbocycles. The van der Waals surface area contributed by atoms with Crippen molar-refractivity contribution in [1.29, 1.82) is 0 Å². The van der Waals surface area contributed by atoms with Crippen molar-refractivity contribution in [2.75, 3.05) is 7.11 Å². The summed E-state index contributed by atoms with van der Waals surface area (Å²) in [5.74, 6) is -0.269. The van der Waals surface area contributed by atoms with Crippen LogP contribution in [0.2, 0.25) is 32.7 Å². The molecular formula is C10H22O3Si2. The first kappa shape index (κ1) is 14.6. The molecule has 0 unspecified atom stereocenters. The molecule has 5 heteroatoms. The summed E-state index contributed by atoms with van der Waals surface area (Å²) in [4.78, 5) is 11.2. The number of rotatable bonds is 4. The third-order valence-corrected chi connectivity index (χ3v) is 7.32. The van der Waals surface area contributed by atoms with E-state index in [0.29, 0.717) is 5.57 Å². The van der Waals surface area contributed by atoms with E-state index in [1.807, 2.05) is 5.70 Å². The lowest BCUT2D eigenvalue weighted by molar-refractivity contribution is -0.136. The number of carbonyl (C=O) groups is 1. The number of ether oxygens (including phenoxy) is 1. The zero-order chi connectivity index (χ0) is 12.3. The molecule has 0 aromatic carbocycles. The van der Waals surface area contributed by atoms with Gasteiger partial charge in [0.15, 0.2) is 16.6 Å². The molecule has 3 nitrogen and oxygen atoms in total. The summed E-state index contributed by atoms with van der Waals surface area (Å²) in [5, 5.41) is 0. The van der Waals surface area contributed by atoms with Crippen molar-refractivity contribution >= 4 is 22.6 Å². The van der Waals surface area contributed by atoms with Gasteiger partial charge in [-0.25, -0.2) is 4.79 Å². The van der Waals surface area contributed by atoms with E-state index in [0.717, 1.165) is 0 Å². The minimum absolute atomic E-state index is 0.269. The molecule has 0 aromatic heterocycles. The van der Waals surface area contributed by atoms with Gasteiger partial charge in [0.2, 0.25) is 0 Å². The molecule has 0 amide bonds. The van der Waals surface area contributed by atoms with Gasteiger partial charge >= 0.3 is 5.97 Å². The molecule has 0 rings (SSSR count). The van der Waals surface area contributed by atoms with Crippen molar-refractivity contribution in [2.24, 2.45) is 0 Å². The first-order chi connectivity index (χ1) is 6.57. The van der Waals surface area contributed by atoms with Gasteiger partial charge in [0.05, 0.1) is 7.11 Å². The predicted molar refractivity (Wildman–Crippen MR) is 67.7 cm³/mol. The van der Waals surface area contributed by atoms with Crippen LogP contribution in [0.25, 0.3) is 0 Å². The second-order valence-electron chi connectivity index (χ2n) is 5.14. The molecule has 0 fully saturated rings. The van der Waals surface area contributed by atoms with Crippen LogP contribution in [0.3, 0.4) is 0 Å². The van der Waals surface area contributed by atoms with Gasteiger partial charge < -0.3 is 8.85 Å². The second-order valence-corrected chi connectivity index (χ2v) is 13.7. The van der Waals surface area contributed by atoms with E-state index in [-0.39, 0.29) is 5.97 Å². The highest BCUT2D eigenvalue weighted by Crippen LogP contribution is 2.17. The normalized spacial score (nSPS) is 13.9. The summed E-state index contributed by atoms with van der Waals surface area (Å²) in [5.41, 5.74) is 2.60. The van der Waals surface area contributed by atoms with Gasteiger partial charge in [0.25, 0.3) is 0 Å². The first-order valence-electron chi connectivity index (χ1n) is 5.05. The van der Waals surface area contributed by atoms with Crippen molar-refractivity contribution in [3.05, 3.63) is 11.3 Å². The Bertz CT molecular complexity index is 264. The molecule has 0 atom stereocenters. The molecule has 88 valence electrons. The Morgan fingerprint density at radius 3 is 1.93 bits per heavy atom. The van der Waals surface area contributed by atoms with Crippen molar-refractivity contribution < 1.29 is 13.6 Å². The SMILES string of the molecule is COC(=O)/C(C)=C/[Si](C)(C)O[Si](C)(C)C. The van der Waals surface area contributed by atoms with Crippen LogP contribution < -0.4 is 0 Å². The standard InChI is InChI=1S/C10H22O3Si2/c1-9(10(11)12-2)8-15(6,7)13-14(3,4)5/h8H,1-7H3/b9-8+. The van der Waals surface area contributed by atoms with E-state index in [1.54, 1.807) is 6.92 Å². The molecule has 0 saturated carbocycles. The highest BCUT2D eigenvalue weighted by atomic mass is 28.4. The van der Waals surface area contributed by atoms with Crippen LogP contribution in [0.4, 0.5) is 0 Å². The van der Waals surface area contributed by atoms with Gasteiger partial charge in [-0.05, 0) is 39.7 Å². The lowest BCUT2D eigenvalue weighted by Crippen LogP contribution is -2.41. The first-order valence-corrected chi connectivity index (χ1v) is 11.4. The largest absolute Gasteiger partial charge is 0.466 e. The summed E-state index contributed by atoms with van der Waals surface area (Å²) in [6.07, 6.45) is 0. The molecule has 0 aromatic rings. The highest BCUT2D eigenvalue weighted by molar-refractivity contribution is 6.87. The summed E-state index contributed by atoms with van der Waals surface area (Å²) in [7, 11) is -2.02. The zero-order valence-electron chi connectivity index (χ0n) is 10.8. The van der Waals surface area contributed by atoms with Crippen molar-refractivity contribution in [1.82, 2.24) is 0 Å². The van der Waals surface area contributed by atoms with Gasteiger partial charge in [-0.2, -0.15) is 0 Å². The minimum atomic E-state index is -1.88. The summed E-state index contributed by atoms with van der Waals surface area (Å²) in [6, 6.07) is 0. The third-order valence-electron chi connectivity index (χ3n) is 1.64. The minimum Gasteiger partial charge on any atom is -0.466 e. The molecule has 0 N–H and O–H groups in total. The Morgan fingerprint density at radius 1 is 1.13 bits per heavy atom. The topological polar surface area (TPSA) is 35.5 Å². The Hall–Kier alpha value is -0.396. The lowest BCUT2D eigenvalue weighted by Gasteiger charge is -2.29. The maximum absolute atomic E-state index is 11.2. The van der Waals surface area contributed by atoms with Crippen LogP contribution in [0.15, 0.2) is 11.3 Å². The fourth-order valence-corrected chi connectivity index (χ4v) is 9.27. The van der Waals surface area contributed by atoms with Crippen LogP contribution >= 0.6 is 0 Å². The van der Waals surface area contributed by atoms with Gasteiger partial charge in [0, 0.05) is 5.57 Å². The Labute approximate surface area is 94.7 Å². The third kappa shape index (κ3) is 6.64. The smallest absolute Gasteiger partial charge is 0.332 e. The molecule has 0 aliphatic heterocycles. The van der Waals surface area contributed by atoms with E-state index in [9.17, 15) is 4.79 Å². The second kappa shape index (κ2) is 5.09. The average Bonchev–Trinajstić information content (AvgIpc) is 1.96.